The molecule has 0 spiro atoms. The van der Waals surface area contributed by atoms with Crippen molar-refractivity contribution in [3.05, 3.63) is 29.3 Å². The minimum Gasteiger partial charge on any atom is -0.544 e. The van der Waals surface area contributed by atoms with Gasteiger partial charge in [-0.1, -0.05) is 32.0 Å². The summed E-state index contributed by atoms with van der Waals surface area (Å²) in [7, 11) is 1.54. The molecule has 0 heterocycles. The number of methoxy groups -OCH3 is 1. The van der Waals surface area contributed by atoms with E-state index in [1.165, 1.54) is 0 Å². The molecule has 1 aromatic carbocycles. The van der Waals surface area contributed by atoms with E-state index in [9.17, 15) is 14.7 Å². The lowest BCUT2D eigenvalue weighted by atomic mass is 10.0. The quantitative estimate of drug-likeness (QED) is 0.566. The van der Waals surface area contributed by atoms with Crippen LogP contribution in [0.25, 0.3) is 0 Å². The molecule has 1 aromatic rings. The average Bonchev–Trinajstić information content (AvgIpc) is 2.54. The van der Waals surface area contributed by atoms with Crippen LogP contribution >= 0.6 is 0 Å². The number of hydrogen-bond donors (Lipinski definition) is 2. The molecule has 3 N–H and O–H groups in total. The van der Waals surface area contributed by atoms with Crippen LogP contribution in [0, 0.1) is 0 Å². The molecule has 6 nitrogen and oxygen atoms in total. The lowest BCUT2D eigenvalue weighted by Crippen LogP contribution is -2.94. The van der Waals surface area contributed by atoms with Gasteiger partial charge >= 0.3 is 0 Å². The van der Waals surface area contributed by atoms with E-state index < -0.39 is 12.0 Å². The van der Waals surface area contributed by atoms with E-state index in [0.717, 1.165) is 29.7 Å². The van der Waals surface area contributed by atoms with Crippen molar-refractivity contribution in [2.45, 2.75) is 39.2 Å². The van der Waals surface area contributed by atoms with Crippen molar-refractivity contribution in [2.75, 3.05) is 25.6 Å². The predicted molar refractivity (Wildman–Crippen MR) is 85.9 cm³/mol. The first-order valence-electron chi connectivity index (χ1n) is 7.97. The van der Waals surface area contributed by atoms with E-state index in [0.29, 0.717) is 13.2 Å². The van der Waals surface area contributed by atoms with Gasteiger partial charge in [0.05, 0.1) is 25.5 Å². The molecule has 0 bridgehead atoms. The lowest BCUT2D eigenvalue weighted by molar-refractivity contribution is -0.683. The summed E-state index contributed by atoms with van der Waals surface area (Å²) in [5.74, 6) is -1.56. The highest BCUT2D eigenvalue weighted by molar-refractivity contribution is 5.94. The van der Waals surface area contributed by atoms with Gasteiger partial charge < -0.3 is 25.3 Å². The van der Waals surface area contributed by atoms with Crippen molar-refractivity contribution in [1.82, 2.24) is 0 Å². The van der Waals surface area contributed by atoms with Crippen LogP contribution in [0.5, 0.6) is 0 Å². The van der Waals surface area contributed by atoms with Crippen LogP contribution in [0.4, 0.5) is 5.69 Å². The second kappa shape index (κ2) is 9.97. The molecule has 0 radical (unpaired) electrons. The molecule has 6 heteroatoms. The van der Waals surface area contributed by atoms with E-state index in [4.69, 9.17) is 4.74 Å². The molecule has 23 heavy (non-hydrogen) atoms. The Morgan fingerprint density at radius 1 is 1.26 bits per heavy atom. The third kappa shape index (κ3) is 6.00. The maximum Gasteiger partial charge on any atom is 0.230 e. The van der Waals surface area contributed by atoms with E-state index in [2.05, 4.69) is 5.32 Å². The van der Waals surface area contributed by atoms with Gasteiger partial charge in [-0.2, -0.15) is 0 Å². The Bertz CT molecular complexity index is 509. The van der Waals surface area contributed by atoms with Gasteiger partial charge in [-0.3, -0.25) is 4.79 Å². The summed E-state index contributed by atoms with van der Waals surface area (Å²) in [4.78, 5) is 23.4. The van der Waals surface area contributed by atoms with Crippen LogP contribution in [-0.4, -0.2) is 38.2 Å². The van der Waals surface area contributed by atoms with Crippen molar-refractivity contribution in [3.8, 4) is 0 Å². The molecule has 128 valence electrons. The number of carbonyl (C=O) groups excluding carboxylic acids is 2. The lowest BCUT2D eigenvalue weighted by Gasteiger charge is -2.18. The van der Waals surface area contributed by atoms with Crippen LogP contribution in [-0.2, 0) is 27.2 Å². The maximum atomic E-state index is 12.2. The number of carboxylic acid groups (broad SMARTS) is 1. The molecule has 0 aliphatic rings. The molecule has 0 saturated heterocycles. The zero-order valence-corrected chi connectivity index (χ0v) is 14.1. The first-order chi connectivity index (χ1) is 11.0. The van der Waals surface area contributed by atoms with E-state index >= 15 is 0 Å². The van der Waals surface area contributed by atoms with Crippen molar-refractivity contribution in [3.63, 3.8) is 0 Å². The minimum atomic E-state index is -1.24. The van der Waals surface area contributed by atoms with Crippen LogP contribution in [0.2, 0.25) is 0 Å². The third-order valence-electron chi connectivity index (χ3n) is 3.74. The smallest absolute Gasteiger partial charge is 0.230 e. The number of benzene rings is 1. The van der Waals surface area contributed by atoms with Crippen molar-refractivity contribution >= 4 is 17.6 Å². The second-order valence-corrected chi connectivity index (χ2v) is 5.35. The van der Waals surface area contributed by atoms with Gasteiger partial charge in [0.1, 0.15) is 6.04 Å². The summed E-state index contributed by atoms with van der Waals surface area (Å²) >= 11 is 0. The summed E-state index contributed by atoms with van der Waals surface area (Å²) in [5, 5.41) is 15.6. The number of amides is 1. The van der Waals surface area contributed by atoms with Gasteiger partial charge in [-0.25, -0.2) is 0 Å². The first-order valence-corrected chi connectivity index (χ1v) is 7.97. The number of carbonyl (C=O) groups is 2. The summed E-state index contributed by atoms with van der Waals surface area (Å²) in [5.41, 5.74) is 2.90. The molecule has 0 saturated carbocycles. The third-order valence-corrected chi connectivity index (χ3v) is 3.74. The van der Waals surface area contributed by atoms with Crippen LogP contribution in [0.3, 0.4) is 0 Å². The topological polar surface area (TPSA) is 95.1 Å². The number of aliphatic carboxylic acids is 1. The zero-order valence-electron chi connectivity index (χ0n) is 14.1. The molecule has 0 aromatic heterocycles. The monoisotopic (exact) mass is 322 g/mol. The summed E-state index contributed by atoms with van der Waals surface area (Å²) in [6.07, 6.45) is 1.47. The number of para-hydroxylation sites is 1. The number of quaternary nitrogens is 1. The Morgan fingerprint density at radius 3 is 2.35 bits per heavy atom. The van der Waals surface area contributed by atoms with Crippen LogP contribution < -0.4 is 15.7 Å². The predicted octanol–water partition coefficient (Wildman–Crippen LogP) is -0.532. The van der Waals surface area contributed by atoms with Crippen molar-refractivity contribution < 1.29 is 24.7 Å². The Kier molecular flexibility index (Phi) is 8.29. The van der Waals surface area contributed by atoms with Gasteiger partial charge in [-0.15, -0.1) is 0 Å². The molecule has 1 atom stereocenters. The number of hydrogen-bond acceptors (Lipinski definition) is 4. The highest BCUT2D eigenvalue weighted by Crippen LogP contribution is 2.22. The molecular weight excluding hydrogens is 296 g/mol. The van der Waals surface area contributed by atoms with Gasteiger partial charge in [-0.05, 0) is 24.0 Å². The summed E-state index contributed by atoms with van der Waals surface area (Å²) < 4.78 is 4.89. The minimum absolute atomic E-state index is 0.132. The van der Waals surface area contributed by atoms with E-state index in [-0.39, 0.29) is 12.3 Å². The normalized spacial score (nSPS) is 12.0. The number of rotatable bonds is 10. The molecule has 1 amide bonds. The molecule has 0 aliphatic carbocycles. The van der Waals surface area contributed by atoms with Crippen LogP contribution in [0.15, 0.2) is 18.2 Å². The maximum absolute atomic E-state index is 12.2. The number of aryl methyl sites for hydroxylation is 2. The molecule has 0 unspecified atom stereocenters. The Hall–Kier alpha value is -1.92. The molecular formula is C17H26N2O4. The number of nitrogens with one attached hydrogen (secondary N) is 1. The number of anilines is 1. The fourth-order valence-corrected chi connectivity index (χ4v) is 2.44. The fourth-order valence-electron chi connectivity index (χ4n) is 2.44. The number of nitrogens with two attached hydrogens (primary N) is 1. The largest absolute Gasteiger partial charge is 0.544 e. The fraction of sp³-hybridized carbons (Fsp3) is 0.529. The SMILES string of the molecule is CCc1cccc(CC)c1NC(=O)C[C@H]([NH2+]CCOC)C(=O)[O-]. The number of ether oxygens (including phenoxy) is 1. The number of carboxylic acids is 1. The highest BCUT2D eigenvalue weighted by Gasteiger charge is 2.19. The van der Waals surface area contributed by atoms with E-state index in [1.807, 2.05) is 32.0 Å². The standard InChI is InChI=1S/C17H26N2O4/c1-4-12-7-6-8-13(5-2)16(12)19-15(20)11-14(17(21)22)18-9-10-23-3/h6-8,14,18H,4-5,9-11H2,1-3H3,(H,19,20)(H,21,22)/t14-/m0/s1. The second-order valence-electron chi connectivity index (χ2n) is 5.35. The van der Waals surface area contributed by atoms with Gasteiger partial charge in [0.15, 0.2) is 0 Å². The molecule has 1 rings (SSSR count). The van der Waals surface area contributed by atoms with Gasteiger partial charge in [0.25, 0.3) is 0 Å². The Morgan fingerprint density at radius 2 is 1.87 bits per heavy atom. The molecule has 0 aliphatic heterocycles. The Labute approximate surface area is 137 Å². The van der Waals surface area contributed by atoms with Crippen LogP contribution in [0.1, 0.15) is 31.4 Å². The van der Waals surface area contributed by atoms with Crippen molar-refractivity contribution in [2.24, 2.45) is 0 Å². The first kappa shape index (κ1) is 19.1. The van der Waals surface area contributed by atoms with E-state index in [1.54, 1.807) is 12.4 Å². The highest BCUT2D eigenvalue weighted by atomic mass is 16.5. The summed E-state index contributed by atoms with van der Waals surface area (Å²) in [6, 6.07) is 4.99. The zero-order chi connectivity index (χ0) is 17.2. The van der Waals surface area contributed by atoms with Gasteiger partial charge in [0, 0.05) is 12.8 Å². The summed E-state index contributed by atoms with van der Waals surface area (Å²) in [6.45, 7) is 4.93. The van der Waals surface area contributed by atoms with Crippen molar-refractivity contribution in [1.29, 1.82) is 0 Å². The average molecular weight is 322 g/mol. The molecule has 0 fully saturated rings. The Balaban J connectivity index is 2.76. The van der Waals surface area contributed by atoms with Gasteiger partial charge in [0.2, 0.25) is 5.91 Å².